The molecule has 1 aromatic carbocycles. The van der Waals surface area contributed by atoms with E-state index in [-0.39, 0.29) is 17.0 Å². The van der Waals surface area contributed by atoms with Gasteiger partial charge in [0, 0.05) is 19.3 Å². The predicted octanol–water partition coefficient (Wildman–Crippen LogP) is 1.43. The molecule has 1 aromatic heterocycles. The Hall–Kier alpha value is -2.50. The van der Waals surface area contributed by atoms with Crippen LogP contribution in [0.4, 0.5) is 5.95 Å². The second-order valence-corrected chi connectivity index (χ2v) is 7.21. The van der Waals surface area contributed by atoms with Crippen molar-refractivity contribution in [2.24, 2.45) is 0 Å². The topological polar surface area (TPSA) is 99.0 Å². The first-order valence-corrected chi connectivity index (χ1v) is 9.14. The average molecular weight is 343 g/mol. The van der Waals surface area contributed by atoms with Crippen molar-refractivity contribution in [3.05, 3.63) is 47.8 Å². The van der Waals surface area contributed by atoms with Crippen LogP contribution in [0.15, 0.2) is 41.4 Å². The molecule has 1 fully saturated rings. The molecule has 2 aromatic rings. The lowest BCUT2D eigenvalue weighted by Gasteiger charge is -2.15. The quantitative estimate of drug-likeness (QED) is 0.881. The minimum atomic E-state index is -3.78. The molecule has 7 nitrogen and oxygen atoms in total. The van der Waals surface area contributed by atoms with Crippen molar-refractivity contribution in [2.75, 3.05) is 18.0 Å². The number of benzene rings is 1. The number of nitriles is 1. The van der Waals surface area contributed by atoms with Crippen molar-refractivity contribution in [3.8, 4) is 6.07 Å². The highest BCUT2D eigenvalue weighted by molar-refractivity contribution is 7.89. The zero-order chi connectivity index (χ0) is 17.0. The lowest BCUT2D eigenvalue weighted by atomic mass is 10.2. The highest BCUT2D eigenvalue weighted by Crippen LogP contribution is 2.17. The number of nitrogens with one attached hydrogen (secondary N) is 1. The van der Waals surface area contributed by atoms with Crippen molar-refractivity contribution in [2.45, 2.75) is 24.3 Å². The van der Waals surface area contributed by atoms with Gasteiger partial charge in [-0.05, 0) is 31.0 Å². The lowest BCUT2D eigenvalue weighted by Crippen LogP contribution is -2.25. The first-order valence-electron chi connectivity index (χ1n) is 7.66. The third-order valence-corrected chi connectivity index (χ3v) is 5.29. The molecule has 8 heteroatoms. The molecular formula is C16H17N5O2S. The number of hydrogen-bond donors (Lipinski definition) is 1. The van der Waals surface area contributed by atoms with E-state index >= 15 is 0 Å². The maximum absolute atomic E-state index is 12.4. The standard InChI is InChI=1S/C16H17N5O2S/c17-11-13-5-1-2-6-15(13)24(22,23)19-12-14-7-8-18-16(20-14)21-9-3-4-10-21/h1-2,5-8,19H,3-4,9-10,12H2. The molecule has 2 heterocycles. The summed E-state index contributed by atoms with van der Waals surface area (Å²) in [5, 5.41) is 9.06. The van der Waals surface area contributed by atoms with Gasteiger partial charge in [0.05, 0.1) is 22.7 Å². The molecule has 1 N–H and O–H groups in total. The molecular weight excluding hydrogens is 326 g/mol. The fourth-order valence-corrected chi connectivity index (χ4v) is 3.75. The Morgan fingerprint density at radius 3 is 2.71 bits per heavy atom. The Labute approximate surface area is 141 Å². The van der Waals surface area contributed by atoms with E-state index in [1.807, 2.05) is 6.07 Å². The third-order valence-electron chi connectivity index (χ3n) is 3.83. The second-order valence-electron chi connectivity index (χ2n) is 5.47. The SMILES string of the molecule is N#Cc1ccccc1S(=O)(=O)NCc1ccnc(N2CCCC2)n1. The van der Waals surface area contributed by atoms with Crippen LogP contribution in [-0.4, -0.2) is 31.5 Å². The van der Waals surface area contributed by atoms with Gasteiger partial charge in [0.15, 0.2) is 0 Å². The smallest absolute Gasteiger partial charge is 0.242 e. The zero-order valence-corrected chi connectivity index (χ0v) is 13.8. The number of anilines is 1. The Morgan fingerprint density at radius 1 is 1.21 bits per heavy atom. The van der Waals surface area contributed by atoms with Crippen LogP contribution in [0.3, 0.4) is 0 Å². The van der Waals surface area contributed by atoms with E-state index in [9.17, 15) is 8.42 Å². The van der Waals surface area contributed by atoms with E-state index in [1.54, 1.807) is 24.4 Å². The van der Waals surface area contributed by atoms with Crippen LogP contribution in [0.1, 0.15) is 24.1 Å². The lowest BCUT2D eigenvalue weighted by molar-refractivity contribution is 0.580. The Morgan fingerprint density at radius 2 is 1.96 bits per heavy atom. The summed E-state index contributed by atoms with van der Waals surface area (Å²) in [5.41, 5.74) is 0.704. The van der Waals surface area contributed by atoms with E-state index in [0.29, 0.717) is 11.6 Å². The van der Waals surface area contributed by atoms with Gasteiger partial charge in [0.2, 0.25) is 16.0 Å². The van der Waals surface area contributed by atoms with E-state index in [0.717, 1.165) is 25.9 Å². The molecule has 0 aliphatic carbocycles. The van der Waals surface area contributed by atoms with Gasteiger partial charge in [0.1, 0.15) is 6.07 Å². The molecule has 0 saturated carbocycles. The van der Waals surface area contributed by atoms with E-state index in [2.05, 4.69) is 19.6 Å². The summed E-state index contributed by atoms with van der Waals surface area (Å²) in [6, 6.07) is 9.68. The summed E-state index contributed by atoms with van der Waals surface area (Å²) >= 11 is 0. The molecule has 0 atom stereocenters. The number of hydrogen-bond acceptors (Lipinski definition) is 6. The Balaban J connectivity index is 1.75. The molecule has 3 rings (SSSR count). The predicted molar refractivity (Wildman–Crippen MR) is 88.7 cm³/mol. The van der Waals surface area contributed by atoms with Crippen LogP contribution in [-0.2, 0) is 16.6 Å². The average Bonchev–Trinajstić information content (AvgIpc) is 3.15. The molecule has 0 amide bonds. The molecule has 0 unspecified atom stereocenters. The van der Waals surface area contributed by atoms with Gasteiger partial charge in [-0.3, -0.25) is 0 Å². The molecule has 0 bridgehead atoms. The third kappa shape index (κ3) is 3.53. The van der Waals surface area contributed by atoms with Gasteiger partial charge >= 0.3 is 0 Å². The maximum atomic E-state index is 12.4. The van der Waals surface area contributed by atoms with Crippen LogP contribution < -0.4 is 9.62 Å². The van der Waals surface area contributed by atoms with E-state index < -0.39 is 10.0 Å². The number of nitrogens with zero attached hydrogens (tertiary/aromatic N) is 4. The van der Waals surface area contributed by atoms with Crippen molar-refractivity contribution in [1.82, 2.24) is 14.7 Å². The summed E-state index contributed by atoms with van der Waals surface area (Å²) in [6.45, 7) is 1.89. The van der Waals surface area contributed by atoms with E-state index in [4.69, 9.17) is 5.26 Å². The number of aromatic nitrogens is 2. The molecule has 1 saturated heterocycles. The molecule has 1 aliphatic rings. The summed E-state index contributed by atoms with van der Waals surface area (Å²) in [4.78, 5) is 10.7. The molecule has 0 spiro atoms. The van der Waals surface area contributed by atoms with E-state index in [1.165, 1.54) is 12.1 Å². The largest absolute Gasteiger partial charge is 0.341 e. The van der Waals surface area contributed by atoms with Gasteiger partial charge in [-0.25, -0.2) is 23.1 Å². The first kappa shape index (κ1) is 16.4. The Bertz CT molecular complexity index is 870. The normalized spacial score (nSPS) is 14.5. The highest BCUT2D eigenvalue weighted by Gasteiger charge is 2.19. The van der Waals surface area contributed by atoms with Crippen LogP contribution in [0.5, 0.6) is 0 Å². The molecule has 24 heavy (non-hydrogen) atoms. The Kier molecular flexibility index (Phi) is 4.74. The zero-order valence-electron chi connectivity index (χ0n) is 13.0. The summed E-state index contributed by atoms with van der Waals surface area (Å²) in [5.74, 6) is 0.627. The second kappa shape index (κ2) is 6.95. The van der Waals surface area contributed by atoms with Crippen LogP contribution in [0, 0.1) is 11.3 Å². The summed E-state index contributed by atoms with van der Waals surface area (Å²) in [6.07, 6.45) is 3.86. The molecule has 1 aliphatic heterocycles. The van der Waals surface area contributed by atoms with Crippen LogP contribution >= 0.6 is 0 Å². The van der Waals surface area contributed by atoms with Crippen molar-refractivity contribution in [1.29, 1.82) is 5.26 Å². The summed E-state index contributed by atoms with van der Waals surface area (Å²) < 4.78 is 27.3. The fourth-order valence-electron chi connectivity index (χ4n) is 2.59. The van der Waals surface area contributed by atoms with Crippen molar-refractivity contribution in [3.63, 3.8) is 0 Å². The molecule has 124 valence electrons. The highest BCUT2D eigenvalue weighted by atomic mass is 32.2. The fraction of sp³-hybridized carbons (Fsp3) is 0.312. The monoisotopic (exact) mass is 343 g/mol. The number of rotatable bonds is 5. The van der Waals surface area contributed by atoms with Gasteiger partial charge in [-0.15, -0.1) is 0 Å². The summed E-state index contributed by atoms with van der Waals surface area (Å²) in [7, 11) is -3.78. The van der Waals surface area contributed by atoms with Crippen molar-refractivity contribution < 1.29 is 8.42 Å². The van der Waals surface area contributed by atoms with Crippen LogP contribution in [0.25, 0.3) is 0 Å². The first-order chi connectivity index (χ1) is 11.6. The van der Waals surface area contributed by atoms with Crippen LogP contribution in [0.2, 0.25) is 0 Å². The number of sulfonamides is 1. The molecule has 0 radical (unpaired) electrons. The van der Waals surface area contributed by atoms with Gasteiger partial charge in [-0.1, -0.05) is 12.1 Å². The minimum Gasteiger partial charge on any atom is -0.341 e. The van der Waals surface area contributed by atoms with Gasteiger partial charge in [-0.2, -0.15) is 5.26 Å². The van der Waals surface area contributed by atoms with Gasteiger partial charge in [0.25, 0.3) is 0 Å². The minimum absolute atomic E-state index is 0.0266. The van der Waals surface area contributed by atoms with Gasteiger partial charge < -0.3 is 4.90 Å². The maximum Gasteiger partial charge on any atom is 0.242 e. The van der Waals surface area contributed by atoms with Crippen molar-refractivity contribution >= 4 is 16.0 Å².